The summed E-state index contributed by atoms with van der Waals surface area (Å²) in [5.74, 6) is 1.89. The second-order valence-electron chi connectivity index (χ2n) is 44.5. The molecule has 0 N–H and O–H groups in total. The second kappa shape index (κ2) is 43.3. The Balaban J connectivity index is 0.000000162. The zero-order valence-electron chi connectivity index (χ0n) is 84.3. The number of ketones is 4. The Morgan fingerprint density at radius 3 is 1.37 bits per heavy atom. The fourth-order valence-corrected chi connectivity index (χ4v) is 25.1. The molecule has 10 aliphatic rings. The van der Waals surface area contributed by atoms with Gasteiger partial charge in [0.25, 0.3) is 0 Å². The van der Waals surface area contributed by atoms with Crippen LogP contribution in [0.2, 0.25) is 0 Å². The summed E-state index contributed by atoms with van der Waals surface area (Å²) in [4.78, 5) is 143. The molecule has 3 aromatic heterocycles. The van der Waals surface area contributed by atoms with Gasteiger partial charge in [0.05, 0.1) is 105 Å². The van der Waals surface area contributed by atoms with Gasteiger partial charge in [-0.2, -0.15) is 0 Å². The van der Waals surface area contributed by atoms with Crippen LogP contribution in [-0.4, -0.2) is 169 Å². The molecule has 0 spiro atoms. The van der Waals surface area contributed by atoms with Crippen LogP contribution in [0.4, 0.5) is 0 Å². The maximum absolute atomic E-state index is 14.5. The fraction of sp³-hybridized carbons (Fsp3) is 0.691. The standard InChI is InChI=1S/C37H51N3O6.C37H52N2O6.C36H51N3O5/c1-7-25-31-20-40(33(25)21(2)41)36(43)27(37(3,4)5)19-32(42)46-34-23-14-13-22(17-23)26(34)11-9-8-10-12-29-35(45-31)39-30-18-24(44-6)15-16-28(30)38-29;1-8-25-31-20-26(33(25)22(2)40)34(42)27(36(3,4)5)21-32(41)45-37(6)18-12-14-23(37)13-10-9-11-15-29-35(44-31)39-30-19-24(43-7)16-17-28(30)38-29;1-8-26-32-21-39(34(26)23(3)40)22(2)27(36(4,5)6)20-33(41)43-31-16-12-14-24(31)13-10-9-11-15-29-35(44-32)38-30-19-25(42-7)17-18-28(30)37-29/h15-16,18,22-23,25-27,31,33-34H,7-14,17,19-20H2,1-6H3;16-17,19,23,25-27,31,33H,8-15,18,20-21H2,1-7H3;17-19,24,26-27,31-32,34H,2,8-16,20-21H2,1,3-7H3/t22-,23+,25-,26-,27-,31+,33-,34-;23-,25-,26?,27-,31+,33-,37-;24-,26-,27-,31-,32+,34-/m111/s1. The largest absolute Gasteiger partial charge is 0.497 e. The van der Waals surface area contributed by atoms with Crippen LogP contribution < -0.4 is 28.4 Å². The number of carbonyl (C=O) groups is 8. The Morgan fingerprint density at radius 2 is 0.881 bits per heavy atom. The number of allylic oxidation sites excluding steroid dienone is 1. The minimum absolute atomic E-state index is 0.00844. The van der Waals surface area contributed by atoms with E-state index in [-0.39, 0.29) is 126 Å². The molecule has 21 atom stereocenters. The minimum atomic E-state index is -0.641. The number of aromatic nitrogens is 6. The van der Waals surface area contributed by atoms with Crippen molar-refractivity contribution in [1.29, 1.82) is 0 Å². The van der Waals surface area contributed by atoms with Gasteiger partial charge in [0.2, 0.25) is 23.5 Å². The summed E-state index contributed by atoms with van der Waals surface area (Å²) in [6.07, 6.45) is 25.6. The van der Waals surface area contributed by atoms with Gasteiger partial charge in [-0.3, -0.25) is 38.4 Å². The summed E-state index contributed by atoms with van der Waals surface area (Å²) in [5.41, 5.74) is 5.97. The predicted octanol–water partition coefficient (Wildman–Crippen LogP) is 20.9. The molecule has 135 heavy (non-hydrogen) atoms. The van der Waals surface area contributed by atoms with Crippen molar-refractivity contribution in [2.45, 2.75) is 358 Å². The molecule has 8 bridgehead atoms. The number of benzene rings is 3. The average Bonchev–Trinajstić information content (AvgIpc) is 1.63. The maximum Gasteiger partial charge on any atom is 0.307 e. The normalized spacial score (nSPS) is 31.0. The number of amides is 1. The monoisotopic (exact) mass is 1860 g/mol. The number of fused-ring (bicyclic) bond motifs is 19. The van der Waals surface area contributed by atoms with Gasteiger partial charge in [0.15, 0.2) is 11.6 Å². The number of esters is 3. The van der Waals surface area contributed by atoms with Crippen LogP contribution >= 0.6 is 0 Å². The first-order valence-electron chi connectivity index (χ1n) is 51.3. The molecule has 1 unspecified atom stereocenters. The van der Waals surface area contributed by atoms with Crippen LogP contribution in [0.3, 0.4) is 0 Å². The summed E-state index contributed by atoms with van der Waals surface area (Å²) in [6.45, 7) is 36.7. The molecule has 736 valence electrons. The topological polar surface area (TPSA) is 303 Å². The molecule has 5 aliphatic carbocycles. The van der Waals surface area contributed by atoms with E-state index in [0.717, 1.165) is 198 Å². The Hall–Kier alpha value is -9.42. The van der Waals surface area contributed by atoms with Crippen molar-refractivity contribution < 1.29 is 81.0 Å². The number of ether oxygens (including phenoxy) is 9. The number of hydrogen-bond donors (Lipinski definition) is 0. The first kappa shape index (κ1) is 101. The fourth-order valence-electron chi connectivity index (χ4n) is 25.1. The van der Waals surface area contributed by atoms with Crippen LogP contribution in [0, 0.1) is 93.2 Å². The molecule has 3 aromatic carbocycles. The van der Waals surface area contributed by atoms with Crippen LogP contribution in [0.1, 0.15) is 308 Å². The Bertz CT molecular complexity index is 5270. The average molecular weight is 1860 g/mol. The van der Waals surface area contributed by atoms with Crippen LogP contribution in [0.15, 0.2) is 66.9 Å². The first-order chi connectivity index (χ1) is 64.3. The first-order valence-corrected chi connectivity index (χ1v) is 51.3. The lowest BCUT2D eigenvalue weighted by Crippen LogP contribution is -2.48. The molecule has 0 radical (unpaired) electrons. The number of nitrogens with zero attached hydrogens (tertiary/aromatic N) is 8. The molecule has 8 heterocycles. The van der Waals surface area contributed by atoms with E-state index in [1.807, 2.05) is 103 Å². The summed E-state index contributed by atoms with van der Waals surface area (Å²) >= 11 is 0. The highest BCUT2D eigenvalue weighted by atomic mass is 16.6. The van der Waals surface area contributed by atoms with Crippen molar-refractivity contribution in [3.05, 3.63) is 84.0 Å². The minimum Gasteiger partial charge on any atom is -0.497 e. The third-order valence-electron chi connectivity index (χ3n) is 32.6. The summed E-state index contributed by atoms with van der Waals surface area (Å²) in [5, 5.41) is 0. The van der Waals surface area contributed by atoms with E-state index in [4.69, 9.17) is 72.5 Å². The summed E-state index contributed by atoms with van der Waals surface area (Å²) < 4.78 is 55.4. The van der Waals surface area contributed by atoms with Crippen molar-refractivity contribution in [1.82, 2.24) is 39.7 Å². The third kappa shape index (κ3) is 23.1. The molecule has 7 fully saturated rings. The molecule has 2 saturated heterocycles. The number of carbonyl (C=O) groups excluding carboxylic acids is 8. The molecule has 25 heteroatoms. The molecular weight excluding hydrogens is 1710 g/mol. The lowest BCUT2D eigenvalue weighted by atomic mass is 9.70. The summed E-state index contributed by atoms with van der Waals surface area (Å²) in [7, 11) is 4.90. The number of methoxy groups -OCH3 is 3. The molecule has 16 rings (SSSR count). The SMILES string of the molecule is C=C1[C@H](C(C)(C)C)CC(=O)O[C@@H]2CCC[C@H]2CCCCCc2nc3ccc(OC)cc3nc2O[C@H]2CN1[C@H](C(C)=O)[C@@H]2CC.CC[C@@H]1[C@@H]2CC(C(=O)[C@H](C(C)(C)C)CC(=O)O[C@]3(C)CCC[C@H]3CCCCCc3nc4ccc(OC)cc4nc3O2)[C@@H]1C(C)=O.CC[C@@H]1[C@@H]2CN(C(=O)[C@H](C(C)(C)C)CC(=O)O[C@@H]3[C@H]4CC[C@H](C4)[C@H]3CCCCCc3nc4ccc(OC)cc4nc3O2)[C@@H]1C(C)=O. The Morgan fingerprint density at radius 1 is 0.437 bits per heavy atom. The van der Waals surface area contributed by atoms with Gasteiger partial charge in [-0.15, -0.1) is 0 Å². The third-order valence-corrected chi connectivity index (χ3v) is 32.6. The van der Waals surface area contributed by atoms with Gasteiger partial charge in [-0.25, -0.2) is 29.9 Å². The zero-order valence-corrected chi connectivity index (χ0v) is 84.3. The van der Waals surface area contributed by atoms with Crippen molar-refractivity contribution in [3.63, 3.8) is 0 Å². The van der Waals surface area contributed by atoms with E-state index < -0.39 is 58.3 Å². The van der Waals surface area contributed by atoms with E-state index in [0.29, 0.717) is 102 Å². The van der Waals surface area contributed by atoms with Crippen LogP contribution in [-0.2, 0) is 71.8 Å². The lowest BCUT2D eigenvalue weighted by Gasteiger charge is -2.39. The highest BCUT2D eigenvalue weighted by Gasteiger charge is 2.56. The number of rotatable bonds is 9. The van der Waals surface area contributed by atoms with Crippen LogP contribution in [0.25, 0.3) is 33.1 Å². The van der Waals surface area contributed by atoms with Gasteiger partial charge in [-0.1, -0.05) is 128 Å². The van der Waals surface area contributed by atoms with Crippen molar-refractivity contribution in [2.75, 3.05) is 34.4 Å². The second-order valence-corrected chi connectivity index (χ2v) is 44.5. The quantitative estimate of drug-likeness (QED) is 0.0959. The van der Waals surface area contributed by atoms with Gasteiger partial charge < -0.3 is 52.4 Å². The Kier molecular flexibility index (Phi) is 32.6. The highest BCUT2D eigenvalue weighted by Crippen LogP contribution is 2.54. The van der Waals surface area contributed by atoms with E-state index in [2.05, 4.69) is 53.0 Å². The molecule has 6 aromatic rings. The smallest absolute Gasteiger partial charge is 0.307 e. The summed E-state index contributed by atoms with van der Waals surface area (Å²) in [6, 6.07) is 16.1. The van der Waals surface area contributed by atoms with Crippen molar-refractivity contribution in [3.8, 4) is 34.9 Å². The van der Waals surface area contributed by atoms with E-state index in [1.54, 1.807) is 47.0 Å². The van der Waals surface area contributed by atoms with E-state index >= 15 is 0 Å². The number of aryl methyl sites for hydroxylation is 3. The van der Waals surface area contributed by atoms with Gasteiger partial charge in [-0.05, 0) is 251 Å². The van der Waals surface area contributed by atoms with E-state index in [9.17, 15) is 38.4 Å². The molecule has 5 aliphatic heterocycles. The molecule has 25 nitrogen and oxygen atoms in total. The van der Waals surface area contributed by atoms with Crippen molar-refractivity contribution in [2.24, 2.45) is 93.2 Å². The number of Topliss-reactive ketones (excluding diaryl/α,β-unsaturated/α-hetero) is 4. The lowest BCUT2D eigenvalue weighted by molar-refractivity contribution is -0.166. The van der Waals surface area contributed by atoms with Gasteiger partial charge in [0.1, 0.15) is 82.0 Å². The highest BCUT2D eigenvalue weighted by molar-refractivity contribution is 5.94. The molecule has 5 saturated carbocycles. The van der Waals surface area contributed by atoms with Crippen LogP contribution in [0.5, 0.6) is 34.9 Å². The van der Waals surface area contributed by atoms with Crippen molar-refractivity contribution >= 4 is 80.0 Å². The Labute approximate surface area is 800 Å². The van der Waals surface area contributed by atoms with Gasteiger partial charge >= 0.3 is 17.9 Å². The molecular formula is C110H154N8O17. The zero-order chi connectivity index (χ0) is 96.9. The maximum atomic E-state index is 14.5. The number of hydrogen-bond acceptors (Lipinski definition) is 24. The molecule has 1 amide bonds. The predicted molar refractivity (Wildman–Crippen MR) is 519 cm³/mol. The van der Waals surface area contributed by atoms with Gasteiger partial charge in [0, 0.05) is 65.3 Å². The van der Waals surface area contributed by atoms with E-state index in [1.165, 1.54) is 6.42 Å².